The summed E-state index contributed by atoms with van der Waals surface area (Å²) in [5.41, 5.74) is 0. The van der Waals surface area contributed by atoms with E-state index in [1.165, 1.54) is 77.0 Å². The molecule has 166 valence electrons. The highest BCUT2D eigenvalue weighted by Gasteiger charge is 2.51. The largest absolute Gasteiger partial charge is 0.356 e. The van der Waals surface area contributed by atoms with Crippen LogP contribution in [0, 0.1) is 5.92 Å². The average molecular weight is 416 g/mol. The zero-order chi connectivity index (χ0) is 20.7. The first kappa shape index (κ1) is 25.8. The van der Waals surface area contributed by atoms with Crippen molar-refractivity contribution < 1.29 is 9.53 Å². The third-order valence-corrected chi connectivity index (χ3v) is 6.46. The lowest BCUT2D eigenvalue weighted by atomic mass is 10.0. The van der Waals surface area contributed by atoms with Gasteiger partial charge in [0.2, 0.25) is 5.91 Å². The van der Waals surface area contributed by atoms with Gasteiger partial charge in [0.25, 0.3) is 0 Å². The summed E-state index contributed by atoms with van der Waals surface area (Å²) in [7, 11) is 0. The standard InChI is InChI=1S/C24H46ClNO2/c1-21(2)17-14-12-10-8-6-4-5-7-9-11-13-15-18-23(27)26-20-16-19-24(25)22(3)28-24/h21-22H,4-20H2,1-3H3,(H,26,27). The van der Waals surface area contributed by atoms with Crippen LogP contribution in [-0.4, -0.2) is 23.6 Å². The third-order valence-electron chi connectivity index (χ3n) is 5.87. The van der Waals surface area contributed by atoms with Crippen LogP contribution in [0.5, 0.6) is 0 Å². The van der Waals surface area contributed by atoms with E-state index < -0.39 is 5.06 Å². The molecule has 2 unspecified atom stereocenters. The zero-order valence-electron chi connectivity index (χ0n) is 18.9. The van der Waals surface area contributed by atoms with Crippen molar-refractivity contribution in [1.29, 1.82) is 0 Å². The highest BCUT2D eigenvalue weighted by molar-refractivity contribution is 6.24. The van der Waals surface area contributed by atoms with E-state index in [0.29, 0.717) is 13.0 Å². The fraction of sp³-hybridized carbons (Fsp3) is 0.958. The first-order chi connectivity index (χ1) is 13.4. The molecule has 1 amide bonds. The number of epoxide rings is 1. The molecule has 0 radical (unpaired) electrons. The number of amides is 1. The SMILES string of the molecule is CC(C)CCCCCCCCCCCCCCC(=O)NCCCC1(Cl)OC1C. The molecule has 1 aliphatic rings. The van der Waals surface area contributed by atoms with Crippen molar-refractivity contribution in [1.82, 2.24) is 5.32 Å². The molecule has 0 aliphatic carbocycles. The Labute approximate surface area is 179 Å². The van der Waals surface area contributed by atoms with Gasteiger partial charge < -0.3 is 10.1 Å². The summed E-state index contributed by atoms with van der Waals surface area (Å²) in [5.74, 6) is 1.05. The topological polar surface area (TPSA) is 41.6 Å². The molecule has 1 saturated heterocycles. The Balaban J connectivity index is 1.73. The monoisotopic (exact) mass is 415 g/mol. The quantitative estimate of drug-likeness (QED) is 0.136. The predicted octanol–water partition coefficient (Wildman–Crippen LogP) is 7.35. The van der Waals surface area contributed by atoms with E-state index in [0.717, 1.165) is 25.2 Å². The normalized spacial score (nSPS) is 21.2. The first-order valence-corrected chi connectivity index (χ1v) is 12.5. The lowest BCUT2D eigenvalue weighted by Gasteiger charge is -2.07. The van der Waals surface area contributed by atoms with Gasteiger partial charge in [-0.1, -0.05) is 102 Å². The molecular formula is C24H46ClNO2. The van der Waals surface area contributed by atoms with Crippen molar-refractivity contribution in [3.8, 4) is 0 Å². The third kappa shape index (κ3) is 13.8. The van der Waals surface area contributed by atoms with Crippen LogP contribution < -0.4 is 5.32 Å². The molecule has 3 nitrogen and oxygen atoms in total. The van der Waals surface area contributed by atoms with Crippen molar-refractivity contribution >= 4 is 17.5 Å². The number of alkyl halides is 1. The molecule has 2 atom stereocenters. The predicted molar refractivity (Wildman–Crippen MR) is 121 cm³/mol. The van der Waals surface area contributed by atoms with Crippen LogP contribution in [0.25, 0.3) is 0 Å². The summed E-state index contributed by atoms with van der Waals surface area (Å²) in [6.07, 6.45) is 20.0. The van der Waals surface area contributed by atoms with Gasteiger partial charge in [-0.2, -0.15) is 0 Å². The molecule has 0 saturated carbocycles. The highest BCUT2D eigenvalue weighted by Crippen LogP contribution is 2.44. The van der Waals surface area contributed by atoms with E-state index in [2.05, 4.69) is 19.2 Å². The number of unbranched alkanes of at least 4 members (excludes halogenated alkanes) is 11. The maximum Gasteiger partial charge on any atom is 0.219 e. The van der Waals surface area contributed by atoms with Crippen molar-refractivity contribution in [2.45, 2.75) is 135 Å². The maximum absolute atomic E-state index is 11.8. The molecule has 1 fully saturated rings. The summed E-state index contributed by atoms with van der Waals surface area (Å²) in [6, 6.07) is 0. The molecule has 0 aromatic carbocycles. The highest BCUT2D eigenvalue weighted by atomic mass is 35.5. The van der Waals surface area contributed by atoms with Crippen molar-refractivity contribution in [2.75, 3.05) is 6.54 Å². The van der Waals surface area contributed by atoms with Gasteiger partial charge in [0.1, 0.15) is 6.10 Å². The van der Waals surface area contributed by atoms with E-state index in [-0.39, 0.29) is 12.0 Å². The van der Waals surface area contributed by atoms with E-state index in [1.807, 2.05) is 6.92 Å². The van der Waals surface area contributed by atoms with Crippen LogP contribution in [0.2, 0.25) is 0 Å². The Hall–Kier alpha value is -0.280. The minimum absolute atomic E-state index is 0.157. The fourth-order valence-electron chi connectivity index (χ4n) is 3.77. The van der Waals surface area contributed by atoms with E-state index >= 15 is 0 Å². The second-order valence-corrected chi connectivity index (χ2v) is 9.81. The van der Waals surface area contributed by atoms with Gasteiger partial charge in [0.05, 0.1) is 0 Å². The van der Waals surface area contributed by atoms with Crippen LogP contribution >= 0.6 is 11.6 Å². The smallest absolute Gasteiger partial charge is 0.219 e. The molecule has 1 heterocycles. The molecule has 0 aromatic rings. The van der Waals surface area contributed by atoms with Crippen LogP contribution in [0.4, 0.5) is 0 Å². The molecule has 1 N–H and O–H groups in total. The number of hydrogen-bond donors (Lipinski definition) is 1. The van der Waals surface area contributed by atoms with Gasteiger partial charge in [-0.15, -0.1) is 0 Å². The van der Waals surface area contributed by atoms with Gasteiger partial charge in [0.15, 0.2) is 5.06 Å². The zero-order valence-corrected chi connectivity index (χ0v) is 19.6. The average Bonchev–Trinajstić information content (AvgIpc) is 3.25. The maximum atomic E-state index is 11.8. The van der Waals surface area contributed by atoms with Crippen LogP contribution in [0.15, 0.2) is 0 Å². The van der Waals surface area contributed by atoms with Crippen molar-refractivity contribution in [2.24, 2.45) is 5.92 Å². The van der Waals surface area contributed by atoms with Crippen molar-refractivity contribution in [3.63, 3.8) is 0 Å². The molecular weight excluding hydrogens is 370 g/mol. The Kier molecular flexibility index (Phi) is 14.3. The van der Waals surface area contributed by atoms with Gasteiger partial charge in [0, 0.05) is 13.0 Å². The summed E-state index contributed by atoms with van der Waals surface area (Å²) >= 11 is 6.18. The van der Waals surface area contributed by atoms with E-state index in [1.54, 1.807) is 0 Å². The van der Waals surface area contributed by atoms with Crippen LogP contribution in [-0.2, 0) is 9.53 Å². The number of halogens is 1. The minimum Gasteiger partial charge on any atom is -0.356 e. The van der Waals surface area contributed by atoms with Crippen LogP contribution in [0.3, 0.4) is 0 Å². The number of rotatable bonds is 19. The Bertz CT molecular complexity index is 402. The number of carbonyl (C=O) groups is 1. The Morgan fingerprint density at radius 3 is 1.82 bits per heavy atom. The second-order valence-electron chi connectivity index (χ2n) is 9.17. The number of nitrogens with one attached hydrogen (secondary N) is 1. The van der Waals surface area contributed by atoms with E-state index in [4.69, 9.17) is 16.3 Å². The fourth-order valence-corrected chi connectivity index (χ4v) is 4.04. The summed E-state index contributed by atoms with van der Waals surface area (Å²) in [5, 5.41) is 2.55. The number of carbonyl (C=O) groups excluding carboxylic acids is 1. The molecule has 4 heteroatoms. The summed E-state index contributed by atoms with van der Waals surface area (Å²) < 4.78 is 5.32. The molecule has 1 aliphatic heterocycles. The summed E-state index contributed by atoms with van der Waals surface area (Å²) in [6.45, 7) is 7.33. The number of ether oxygens (including phenoxy) is 1. The lowest BCUT2D eigenvalue weighted by Crippen LogP contribution is -2.24. The minimum atomic E-state index is -0.446. The first-order valence-electron chi connectivity index (χ1n) is 12.1. The lowest BCUT2D eigenvalue weighted by molar-refractivity contribution is -0.121. The molecule has 0 bridgehead atoms. The number of hydrogen-bond acceptors (Lipinski definition) is 2. The molecule has 28 heavy (non-hydrogen) atoms. The molecule has 0 spiro atoms. The van der Waals surface area contributed by atoms with Crippen LogP contribution in [0.1, 0.15) is 124 Å². The van der Waals surface area contributed by atoms with Gasteiger partial charge in [-0.05, 0) is 32.1 Å². The van der Waals surface area contributed by atoms with Crippen molar-refractivity contribution in [3.05, 3.63) is 0 Å². The van der Waals surface area contributed by atoms with Gasteiger partial charge >= 0.3 is 0 Å². The molecule has 1 rings (SSSR count). The Morgan fingerprint density at radius 2 is 1.36 bits per heavy atom. The van der Waals surface area contributed by atoms with Gasteiger partial charge in [-0.3, -0.25) is 4.79 Å². The van der Waals surface area contributed by atoms with Gasteiger partial charge in [-0.25, -0.2) is 0 Å². The summed E-state index contributed by atoms with van der Waals surface area (Å²) in [4.78, 5) is 11.8. The van der Waals surface area contributed by atoms with E-state index in [9.17, 15) is 4.79 Å². The second kappa shape index (κ2) is 15.5. The molecule has 0 aromatic heterocycles. The Morgan fingerprint density at radius 1 is 0.893 bits per heavy atom.